The number of aryl methyl sites for hydroxylation is 1. The zero-order valence-corrected chi connectivity index (χ0v) is 22.2. The van der Waals surface area contributed by atoms with E-state index in [4.69, 9.17) is 9.47 Å². The fourth-order valence-electron chi connectivity index (χ4n) is 6.02. The van der Waals surface area contributed by atoms with Crippen LogP contribution in [0.1, 0.15) is 23.5 Å². The number of likely N-dealkylation sites (tertiary alicyclic amines) is 1. The van der Waals surface area contributed by atoms with Gasteiger partial charge in [0.2, 0.25) is 5.91 Å². The Hall–Kier alpha value is -3.63. The molecule has 39 heavy (non-hydrogen) atoms. The highest BCUT2D eigenvalue weighted by Crippen LogP contribution is 2.41. The molecule has 8 nitrogen and oxygen atoms in total. The minimum Gasteiger partial charge on any atom is -0.376 e. The van der Waals surface area contributed by atoms with Crippen molar-refractivity contribution in [3.05, 3.63) is 93.8 Å². The predicted octanol–water partition coefficient (Wildman–Crippen LogP) is 3.07. The van der Waals surface area contributed by atoms with E-state index in [-0.39, 0.29) is 30.1 Å². The molecule has 4 atom stereocenters. The molecule has 0 saturated carbocycles. The second-order valence-electron chi connectivity index (χ2n) is 10.2. The third-order valence-corrected chi connectivity index (χ3v) is 8.15. The molecular weight excluding hydrogens is 506 g/mol. The molecule has 2 fully saturated rings. The lowest BCUT2D eigenvalue weighted by molar-refractivity contribution is -0.170. The molecule has 1 aromatic heterocycles. The zero-order valence-electron chi connectivity index (χ0n) is 22.2. The van der Waals surface area contributed by atoms with Crippen LogP contribution in [-0.4, -0.2) is 67.1 Å². The number of anilines is 1. The third kappa shape index (κ3) is 4.94. The fourth-order valence-corrected chi connectivity index (χ4v) is 6.02. The maximum atomic E-state index is 15.0. The Kier molecular flexibility index (Phi) is 7.51. The molecule has 10 heteroatoms. The largest absolute Gasteiger partial charge is 0.376 e. The number of hydrogen-bond acceptors (Lipinski definition) is 6. The first-order valence-corrected chi connectivity index (χ1v) is 12.9. The molecule has 0 spiro atoms. The van der Waals surface area contributed by atoms with Crippen LogP contribution in [0.4, 0.5) is 14.6 Å². The number of methoxy groups -OCH3 is 2. The van der Waals surface area contributed by atoms with E-state index in [0.717, 1.165) is 11.6 Å². The van der Waals surface area contributed by atoms with Gasteiger partial charge >= 0.3 is 0 Å². The van der Waals surface area contributed by atoms with E-state index in [1.165, 1.54) is 22.9 Å². The number of nitrogens with zero attached hydrogens (tertiary/aromatic N) is 4. The molecule has 3 heterocycles. The highest BCUT2D eigenvalue weighted by atomic mass is 19.1. The van der Waals surface area contributed by atoms with Crippen LogP contribution in [0.5, 0.6) is 0 Å². The van der Waals surface area contributed by atoms with Gasteiger partial charge < -0.3 is 19.3 Å². The van der Waals surface area contributed by atoms with E-state index in [9.17, 15) is 18.4 Å². The van der Waals surface area contributed by atoms with Crippen molar-refractivity contribution in [3.8, 4) is 0 Å². The highest BCUT2D eigenvalue weighted by molar-refractivity contribution is 5.82. The Balaban J connectivity index is 1.45. The van der Waals surface area contributed by atoms with Crippen LogP contribution in [0, 0.1) is 17.6 Å². The SMILES string of the molecule is COC1CN(C(=O)C2CN(c3ccc(=O)n(C)n3)C[C@H]2c2ccc(F)cc2F)CC[C@]1(OC)c1ccccc1. The molecule has 3 aromatic rings. The predicted molar refractivity (Wildman–Crippen MR) is 141 cm³/mol. The van der Waals surface area contributed by atoms with Gasteiger partial charge in [0.05, 0.1) is 12.5 Å². The topological polar surface area (TPSA) is 76.9 Å². The lowest BCUT2D eigenvalue weighted by atomic mass is 9.80. The molecular formula is C29H32F2N4O4. The monoisotopic (exact) mass is 538 g/mol. The van der Waals surface area contributed by atoms with Gasteiger partial charge in [-0.25, -0.2) is 13.5 Å². The summed E-state index contributed by atoms with van der Waals surface area (Å²) in [5, 5.41) is 4.33. The lowest BCUT2D eigenvalue weighted by Gasteiger charge is -2.47. The second-order valence-corrected chi connectivity index (χ2v) is 10.2. The smallest absolute Gasteiger partial charge is 0.266 e. The van der Waals surface area contributed by atoms with E-state index in [0.29, 0.717) is 25.3 Å². The third-order valence-electron chi connectivity index (χ3n) is 8.15. The van der Waals surface area contributed by atoms with Crippen LogP contribution in [0.15, 0.2) is 65.5 Å². The van der Waals surface area contributed by atoms with Crippen molar-refractivity contribution >= 4 is 11.7 Å². The summed E-state index contributed by atoms with van der Waals surface area (Å²) in [6, 6.07) is 16.3. The minimum absolute atomic E-state index is 0.143. The van der Waals surface area contributed by atoms with E-state index in [2.05, 4.69) is 5.10 Å². The number of rotatable bonds is 6. The molecule has 1 amide bonds. The van der Waals surface area contributed by atoms with Crippen LogP contribution >= 0.6 is 0 Å². The number of carbonyl (C=O) groups excluding carboxylic acids is 1. The Morgan fingerprint density at radius 3 is 2.46 bits per heavy atom. The summed E-state index contributed by atoms with van der Waals surface area (Å²) in [7, 11) is 4.81. The molecule has 0 N–H and O–H groups in total. The number of ether oxygens (including phenoxy) is 2. The number of hydrogen-bond donors (Lipinski definition) is 0. The van der Waals surface area contributed by atoms with Crippen molar-refractivity contribution in [3.63, 3.8) is 0 Å². The number of halogens is 2. The van der Waals surface area contributed by atoms with Crippen LogP contribution in [0.25, 0.3) is 0 Å². The quantitative estimate of drug-likeness (QED) is 0.480. The van der Waals surface area contributed by atoms with Gasteiger partial charge in [0, 0.05) is 65.4 Å². The lowest BCUT2D eigenvalue weighted by Crippen LogP contribution is -2.57. The molecule has 2 aliphatic heterocycles. The molecule has 0 bridgehead atoms. The van der Waals surface area contributed by atoms with Crippen molar-refractivity contribution in [2.45, 2.75) is 24.0 Å². The van der Waals surface area contributed by atoms with Crippen molar-refractivity contribution < 1.29 is 23.0 Å². The number of carbonyl (C=O) groups is 1. The van der Waals surface area contributed by atoms with Gasteiger partial charge in [-0.15, -0.1) is 0 Å². The highest BCUT2D eigenvalue weighted by Gasteiger charge is 2.49. The molecule has 5 rings (SSSR count). The average molecular weight is 539 g/mol. The molecule has 2 unspecified atom stereocenters. The van der Waals surface area contributed by atoms with Crippen LogP contribution in [0.3, 0.4) is 0 Å². The summed E-state index contributed by atoms with van der Waals surface area (Å²) in [4.78, 5) is 29.6. The van der Waals surface area contributed by atoms with Gasteiger partial charge in [0.25, 0.3) is 5.56 Å². The van der Waals surface area contributed by atoms with Gasteiger partial charge in [-0.05, 0) is 23.3 Å². The van der Waals surface area contributed by atoms with Crippen molar-refractivity contribution in [1.82, 2.24) is 14.7 Å². The number of aromatic nitrogens is 2. The molecule has 0 radical (unpaired) electrons. The summed E-state index contributed by atoms with van der Waals surface area (Å²) in [5.41, 5.74) is 0.282. The number of benzene rings is 2. The van der Waals surface area contributed by atoms with Crippen molar-refractivity contribution in [2.24, 2.45) is 13.0 Å². The summed E-state index contributed by atoms with van der Waals surface area (Å²) >= 11 is 0. The molecule has 2 aliphatic rings. The van der Waals surface area contributed by atoms with E-state index in [1.807, 2.05) is 35.2 Å². The van der Waals surface area contributed by atoms with Gasteiger partial charge in [-0.3, -0.25) is 9.59 Å². The van der Waals surface area contributed by atoms with Gasteiger partial charge in [-0.2, -0.15) is 5.10 Å². The average Bonchev–Trinajstić information content (AvgIpc) is 3.39. The Morgan fingerprint density at radius 2 is 1.79 bits per heavy atom. The standard InChI is InChI=1S/C29H32F2N4O4/c1-33-27(36)12-11-26(32-33)35-16-22(21-10-9-20(30)15-24(21)31)23(17-35)28(37)34-14-13-29(39-3,25(18-34)38-2)19-7-5-4-6-8-19/h4-12,15,22-23,25H,13-14,16-18H2,1-3H3/t22-,23?,25?,29-/m0/s1. The summed E-state index contributed by atoms with van der Waals surface area (Å²) in [6.07, 6.45) is 0.0954. The summed E-state index contributed by atoms with van der Waals surface area (Å²) in [6.45, 7) is 1.28. The van der Waals surface area contributed by atoms with E-state index in [1.54, 1.807) is 32.2 Å². The van der Waals surface area contributed by atoms with E-state index < -0.39 is 35.2 Å². The maximum absolute atomic E-state index is 15.0. The summed E-state index contributed by atoms with van der Waals surface area (Å²) in [5.74, 6) is -2.16. The summed E-state index contributed by atoms with van der Waals surface area (Å²) < 4.78 is 41.9. The zero-order chi connectivity index (χ0) is 27.7. The van der Waals surface area contributed by atoms with Gasteiger partial charge in [0.15, 0.2) is 0 Å². The van der Waals surface area contributed by atoms with Crippen LogP contribution in [-0.2, 0) is 26.9 Å². The molecule has 2 aromatic carbocycles. The Bertz CT molecular complexity index is 1400. The molecule has 2 saturated heterocycles. The minimum atomic E-state index is -0.713. The molecule has 206 valence electrons. The fraction of sp³-hybridized carbons (Fsp3) is 0.414. The number of amides is 1. The first-order valence-electron chi connectivity index (χ1n) is 12.9. The second kappa shape index (κ2) is 10.9. The van der Waals surface area contributed by atoms with Gasteiger partial charge in [0.1, 0.15) is 29.2 Å². The van der Waals surface area contributed by atoms with Gasteiger partial charge in [-0.1, -0.05) is 36.4 Å². The van der Waals surface area contributed by atoms with Crippen molar-refractivity contribution in [2.75, 3.05) is 45.3 Å². The first kappa shape index (κ1) is 27.0. The van der Waals surface area contributed by atoms with E-state index >= 15 is 0 Å². The molecule has 0 aliphatic carbocycles. The Labute approximate surface area is 225 Å². The maximum Gasteiger partial charge on any atom is 0.266 e. The van der Waals surface area contributed by atoms with Crippen LogP contribution in [0.2, 0.25) is 0 Å². The van der Waals surface area contributed by atoms with Crippen molar-refractivity contribution in [1.29, 1.82) is 0 Å². The van der Waals surface area contributed by atoms with Crippen LogP contribution < -0.4 is 10.5 Å². The Morgan fingerprint density at radius 1 is 1.03 bits per heavy atom. The first-order chi connectivity index (χ1) is 18.8. The normalized spacial score (nSPS) is 25.2. The number of piperidine rings is 1.